The molecule has 1 aromatic carbocycles. The first-order valence-electron chi connectivity index (χ1n) is 5.91. The summed E-state index contributed by atoms with van der Waals surface area (Å²) in [5, 5.41) is 4.80. The van der Waals surface area contributed by atoms with Gasteiger partial charge in [0.2, 0.25) is 0 Å². The standard InChI is InChI=1S/C14H16N2/c1-10-7-14(16-9-10)12-4-5-13-11(8-12)3-2-6-15-13/h2-6,8,10,14,16H,7,9H2,1H3. The van der Waals surface area contributed by atoms with Gasteiger partial charge in [-0.3, -0.25) is 4.98 Å². The first-order valence-corrected chi connectivity index (χ1v) is 5.91. The van der Waals surface area contributed by atoms with Crippen LogP contribution in [0.2, 0.25) is 0 Å². The average molecular weight is 212 g/mol. The molecule has 0 bridgehead atoms. The normalized spacial score (nSPS) is 25.1. The maximum atomic E-state index is 4.34. The lowest BCUT2D eigenvalue weighted by atomic mass is 10.00. The Bertz CT molecular complexity index is 507. The molecule has 1 fully saturated rings. The minimum atomic E-state index is 0.527. The molecule has 1 aliphatic heterocycles. The van der Waals surface area contributed by atoms with Gasteiger partial charge in [-0.15, -0.1) is 0 Å². The van der Waals surface area contributed by atoms with Gasteiger partial charge < -0.3 is 5.32 Å². The average Bonchev–Trinajstić information content (AvgIpc) is 2.75. The van der Waals surface area contributed by atoms with Crippen LogP contribution in [0, 0.1) is 5.92 Å². The summed E-state index contributed by atoms with van der Waals surface area (Å²) < 4.78 is 0. The van der Waals surface area contributed by atoms with E-state index >= 15 is 0 Å². The Kier molecular flexibility index (Phi) is 2.37. The van der Waals surface area contributed by atoms with E-state index in [4.69, 9.17) is 0 Å². The van der Waals surface area contributed by atoms with Gasteiger partial charge in [0, 0.05) is 17.6 Å². The third-order valence-corrected chi connectivity index (χ3v) is 3.38. The van der Waals surface area contributed by atoms with Crippen LogP contribution in [0.3, 0.4) is 0 Å². The summed E-state index contributed by atoms with van der Waals surface area (Å²) in [7, 11) is 0. The molecule has 2 aromatic rings. The summed E-state index contributed by atoms with van der Waals surface area (Å²) in [6.07, 6.45) is 3.09. The second-order valence-electron chi connectivity index (χ2n) is 4.76. The number of pyridine rings is 1. The molecule has 1 N–H and O–H groups in total. The Morgan fingerprint density at radius 1 is 1.31 bits per heavy atom. The van der Waals surface area contributed by atoms with E-state index in [2.05, 4.69) is 41.5 Å². The molecule has 2 unspecified atom stereocenters. The molecule has 16 heavy (non-hydrogen) atoms. The zero-order chi connectivity index (χ0) is 11.0. The first kappa shape index (κ1) is 9.79. The van der Waals surface area contributed by atoms with Crippen LogP contribution in [-0.2, 0) is 0 Å². The number of nitrogens with zero attached hydrogens (tertiary/aromatic N) is 1. The van der Waals surface area contributed by atoms with E-state index in [-0.39, 0.29) is 0 Å². The third kappa shape index (κ3) is 1.69. The van der Waals surface area contributed by atoms with Crippen molar-refractivity contribution in [3.63, 3.8) is 0 Å². The molecule has 0 aliphatic carbocycles. The molecule has 0 radical (unpaired) electrons. The van der Waals surface area contributed by atoms with Gasteiger partial charge in [0.05, 0.1) is 5.52 Å². The molecule has 2 heterocycles. The largest absolute Gasteiger partial charge is 0.310 e. The fourth-order valence-corrected chi connectivity index (χ4v) is 2.48. The number of aromatic nitrogens is 1. The topological polar surface area (TPSA) is 24.9 Å². The van der Waals surface area contributed by atoms with E-state index in [0.717, 1.165) is 18.0 Å². The van der Waals surface area contributed by atoms with Gasteiger partial charge in [0.15, 0.2) is 0 Å². The molecule has 3 rings (SSSR count). The lowest BCUT2D eigenvalue weighted by molar-refractivity contribution is 0.612. The zero-order valence-electron chi connectivity index (χ0n) is 9.48. The van der Waals surface area contributed by atoms with E-state index in [1.807, 2.05) is 12.3 Å². The molecule has 0 saturated carbocycles. The molecule has 0 spiro atoms. The zero-order valence-corrected chi connectivity index (χ0v) is 9.48. The van der Waals surface area contributed by atoms with Crippen molar-refractivity contribution in [3.8, 4) is 0 Å². The summed E-state index contributed by atoms with van der Waals surface area (Å²) in [4.78, 5) is 4.34. The summed E-state index contributed by atoms with van der Waals surface area (Å²) in [6.45, 7) is 3.44. The lowest BCUT2D eigenvalue weighted by Crippen LogP contribution is -2.13. The van der Waals surface area contributed by atoms with Crippen LogP contribution in [0.4, 0.5) is 0 Å². The Labute approximate surface area is 95.7 Å². The lowest BCUT2D eigenvalue weighted by Gasteiger charge is -2.11. The fourth-order valence-electron chi connectivity index (χ4n) is 2.48. The molecule has 0 amide bonds. The van der Waals surface area contributed by atoms with Gasteiger partial charge in [-0.1, -0.05) is 19.1 Å². The number of nitrogens with one attached hydrogen (secondary N) is 1. The molecule has 1 aliphatic rings. The van der Waals surface area contributed by atoms with Crippen molar-refractivity contribution in [2.75, 3.05) is 6.54 Å². The highest BCUT2D eigenvalue weighted by molar-refractivity contribution is 5.79. The van der Waals surface area contributed by atoms with Crippen LogP contribution in [0.1, 0.15) is 24.9 Å². The maximum Gasteiger partial charge on any atom is 0.0702 e. The molecule has 2 atom stereocenters. The summed E-state index contributed by atoms with van der Waals surface area (Å²) in [6, 6.07) is 11.2. The SMILES string of the molecule is CC1CNC(c2ccc3ncccc3c2)C1. The second-order valence-corrected chi connectivity index (χ2v) is 4.76. The van der Waals surface area contributed by atoms with E-state index in [1.54, 1.807) is 0 Å². The molecule has 2 nitrogen and oxygen atoms in total. The van der Waals surface area contributed by atoms with Gasteiger partial charge in [0.25, 0.3) is 0 Å². The molecule has 82 valence electrons. The predicted octanol–water partition coefficient (Wildman–Crippen LogP) is 2.91. The Morgan fingerprint density at radius 2 is 2.25 bits per heavy atom. The third-order valence-electron chi connectivity index (χ3n) is 3.38. The van der Waals surface area contributed by atoms with E-state index in [1.165, 1.54) is 17.4 Å². The van der Waals surface area contributed by atoms with Gasteiger partial charge in [-0.05, 0) is 42.6 Å². The number of hydrogen-bond acceptors (Lipinski definition) is 2. The highest BCUT2D eigenvalue weighted by Gasteiger charge is 2.21. The number of fused-ring (bicyclic) bond motifs is 1. The minimum absolute atomic E-state index is 0.527. The van der Waals surface area contributed by atoms with E-state index in [9.17, 15) is 0 Å². The number of benzene rings is 1. The van der Waals surface area contributed by atoms with Gasteiger partial charge in [0.1, 0.15) is 0 Å². The van der Waals surface area contributed by atoms with Gasteiger partial charge in [-0.2, -0.15) is 0 Å². The van der Waals surface area contributed by atoms with E-state index in [0.29, 0.717) is 6.04 Å². The quantitative estimate of drug-likeness (QED) is 0.786. The van der Waals surface area contributed by atoms with Crippen LogP contribution in [-0.4, -0.2) is 11.5 Å². The van der Waals surface area contributed by atoms with Crippen LogP contribution < -0.4 is 5.32 Å². The van der Waals surface area contributed by atoms with Crippen molar-refractivity contribution >= 4 is 10.9 Å². The molecule has 1 saturated heterocycles. The summed E-state index contributed by atoms with van der Waals surface area (Å²) in [5.41, 5.74) is 2.47. The van der Waals surface area contributed by atoms with Gasteiger partial charge in [-0.25, -0.2) is 0 Å². The fraction of sp³-hybridized carbons (Fsp3) is 0.357. The van der Waals surface area contributed by atoms with Crippen molar-refractivity contribution < 1.29 is 0 Å². The number of rotatable bonds is 1. The van der Waals surface area contributed by atoms with E-state index < -0.39 is 0 Å². The van der Waals surface area contributed by atoms with Crippen molar-refractivity contribution in [1.82, 2.24) is 10.3 Å². The molecule has 2 heteroatoms. The van der Waals surface area contributed by atoms with Crippen LogP contribution in [0.5, 0.6) is 0 Å². The maximum absolute atomic E-state index is 4.34. The Balaban J connectivity index is 1.99. The second kappa shape index (κ2) is 3.87. The summed E-state index contributed by atoms with van der Waals surface area (Å²) >= 11 is 0. The van der Waals surface area contributed by atoms with Crippen LogP contribution >= 0.6 is 0 Å². The highest BCUT2D eigenvalue weighted by atomic mass is 14.9. The minimum Gasteiger partial charge on any atom is -0.310 e. The predicted molar refractivity (Wildman–Crippen MR) is 66.3 cm³/mol. The monoisotopic (exact) mass is 212 g/mol. The van der Waals surface area contributed by atoms with Crippen molar-refractivity contribution in [2.24, 2.45) is 5.92 Å². The Morgan fingerprint density at radius 3 is 3.06 bits per heavy atom. The Hall–Kier alpha value is -1.41. The highest BCUT2D eigenvalue weighted by Crippen LogP contribution is 2.28. The molecule has 1 aromatic heterocycles. The molecular formula is C14H16N2. The summed E-state index contributed by atoms with van der Waals surface area (Å²) in [5.74, 6) is 0.787. The van der Waals surface area contributed by atoms with Gasteiger partial charge >= 0.3 is 0 Å². The van der Waals surface area contributed by atoms with Crippen LogP contribution in [0.25, 0.3) is 10.9 Å². The van der Waals surface area contributed by atoms with Crippen molar-refractivity contribution in [2.45, 2.75) is 19.4 Å². The smallest absolute Gasteiger partial charge is 0.0702 e. The van der Waals surface area contributed by atoms with Crippen molar-refractivity contribution in [1.29, 1.82) is 0 Å². The number of hydrogen-bond donors (Lipinski definition) is 1. The van der Waals surface area contributed by atoms with Crippen molar-refractivity contribution in [3.05, 3.63) is 42.1 Å². The van der Waals surface area contributed by atoms with Crippen LogP contribution in [0.15, 0.2) is 36.5 Å². The first-order chi connectivity index (χ1) is 7.83. The molecular weight excluding hydrogens is 196 g/mol.